The van der Waals surface area contributed by atoms with Crippen molar-refractivity contribution < 1.29 is 0 Å². The highest BCUT2D eigenvalue weighted by molar-refractivity contribution is 6.21. The van der Waals surface area contributed by atoms with Crippen LogP contribution in [0.25, 0.3) is 82.5 Å². The molecule has 12 rings (SSSR count). The highest BCUT2D eigenvalue weighted by Gasteiger charge is 2.21. The van der Waals surface area contributed by atoms with Gasteiger partial charge in [-0.3, -0.25) is 0 Å². The number of allylic oxidation sites excluding steroid dienone is 3. The van der Waals surface area contributed by atoms with Crippen molar-refractivity contribution in [2.24, 2.45) is 0 Å². The van der Waals surface area contributed by atoms with Crippen LogP contribution >= 0.6 is 0 Å². The van der Waals surface area contributed by atoms with Crippen LogP contribution in [0.1, 0.15) is 18.4 Å². The number of hydrogen-bond donors (Lipinski definition) is 0. The molecule has 0 radical (unpaired) electrons. The van der Waals surface area contributed by atoms with Crippen molar-refractivity contribution in [3.8, 4) is 22.5 Å². The molecule has 0 atom stereocenters. The molecule has 0 unspecified atom stereocenters. The lowest BCUT2D eigenvalue weighted by Gasteiger charge is -2.29. The smallest absolute Gasteiger partial charge is 0.0561 e. The van der Waals surface area contributed by atoms with Crippen LogP contribution in [-0.4, -0.2) is 9.13 Å². The Morgan fingerprint density at radius 2 is 0.951 bits per heavy atom. The van der Waals surface area contributed by atoms with E-state index in [1.165, 1.54) is 82.3 Å². The van der Waals surface area contributed by atoms with Gasteiger partial charge < -0.3 is 14.0 Å². The molecule has 1 aliphatic carbocycles. The third-order valence-electron chi connectivity index (χ3n) is 12.6. The Bertz CT molecular complexity index is 3500. The first-order valence-corrected chi connectivity index (χ1v) is 21.2. The number of nitrogens with zero attached hydrogens (tertiary/aromatic N) is 3. The lowest BCUT2D eigenvalue weighted by molar-refractivity contribution is 1.01. The maximum Gasteiger partial charge on any atom is 0.0561 e. The van der Waals surface area contributed by atoms with E-state index < -0.39 is 0 Å². The molecule has 0 N–H and O–H groups in total. The summed E-state index contributed by atoms with van der Waals surface area (Å²) < 4.78 is 4.81. The predicted octanol–water partition coefficient (Wildman–Crippen LogP) is 15.6. The molecule has 3 nitrogen and oxygen atoms in total. The summed E-state index contributed by atoms with van der Waals surface area (Å²) in [6.07, 6.45) is 6.78. The molecule has 0 fully saturated rings. The van der Waals surface area contributed by atoms with Crippen LogP contribution in [0.4, 0.5) is 11.4 Å². The second kappa shape index (κ2) is 14.4. The molecule has 0 amide bonds. The minimum Gasteiger partial charge on any atom is -0.311 e. The summed E-state index contributed by atoms with van der Waals surface area (Å²) in [5.74, 6) is 0. The van der Waals surface area contributed by atoms with Crippen LogP contribution in [0.3, 0.4) is 0 Å². The molecule has 0 bridgehead atoms. The number of hydrogen-bond acceptors (Lipinski definition) is 1. The van der Waals surface area contributed by atoms with Gasteiger partial charge in [0.2, 0.25) is 0 Å². The van der Waals surface area contributed by atoms with Crippen LogP contribution in [0.5, 0.6) is 0 Å². The third kappa shape index (κ3) is 5.89. The molecule has 9 aromatic carbocycles. The quantitative estimate of drug-likeness (QED) is 0.157. The van der Waals surface area contributed by atoms with Gasteiger partial charge in [-0.2, -0.15) is 0 Å². The van der Waals surface area contributed by atoms with E-state index in [1.807, 2.05) is 0 Å². The van der Waals surface area contributed by atoms with Crippen LogP contribution < -0.4 is 4.90 Å². The lowest BCUT2D eigenvalue weighted by Crippen LogP contribution is -2.17. The van der Waals surface area contributed by atoms with Crippen molar-refractivity contribution in [2.45, 2.75) is 12.8 Å². The van der Waals surface area contributed by atoms with E-state index in [4.69, 9.17) is 0 Å². The Hall–Kier alpha value is -7.88. The van der Waals surface area contributed by atoms with E-state index in [0.717, 1.165) is 35.6 Å². The SMILES string of the molecule is C1=C(c2ccccc2)CCC=C1N(c1ccc(-c2ccc(-n3c4ccccc4c4c5ccccc5ccc43)cc2)cc1)c1ccc2c3ccccc3n(-c3ccccc3)c2c1. The van der Waals surface area contributed by atoms with Gasteiger partial charge in [0.25, 0.3) is 0 Å². The average Bonchev–Trinajstić information content (AvgIpc) is 3.86. The molecule has 288 valence electrons. The molecule has 0 aliphatic heterocycles. The fraction of sp³-hybridized carbons (Fsp3) is 0.0345. The molecule has 2 aromatic heterocycles. The molecule has 0 saturated carbocycles. The summed E-state index contributed by atoms with van der Waals surface area (Å²) in [6.45, 7) is 0. The highest BCUT2D eigenvalue weighted by atomic mass is 15.1. The average molecular weight is 780 g/mol. The first-order chi connectivity index (χ1) is 30.3. The van der Waals surface area contributed by atoms with Crippen LogP contribution in [0.15, 0.2) is 230 Å². The summed E-state index contributed by atoms with van der Waals surface area (Å²) in [4.78, 5) is 2.44. The number of para-hydroxylation sites is 3. The molecular formula is C58H41N3. The maximum absolute atomic E-state index is 2.44. The summed E-state index contributed by atoms with van der Waals surface area (Å²) >= 11 is 0. The van der Waals surface area contributed by atoms with Gasteiger partial charge in [0, 0.05) is 50.0 Å². The number of rotatable bonds is 7. The van der Waals surface area contributed by atoms with E-state index in [-0.39, 0.29) is 0 Å². The van der Waals surface area contributed by atoms with Gasteiger partial charge in [-0.05, 0) is 119 Å². The van der Waals surface area contributed by atoms with Gasteiger partial charge in [0.15, 0.2) is 0 Å². The Labute approximate surface area is 355 Å². The highest BCUT2D eigenvalue weighted by Crippen LogP contribution is 2.41. The zero-order valence-corrected chi connectivity index (χ0v) is 33.6. The molecule has 11 aromatic rings. The second-order valence-corrected chi connectivity index (χ2v) is 16.1. The zero-order chi connectivity index (χ0) is 40.3. The predicted molar refractivity (Wildman–Crippen MR) is 258 cm³/mol. The molecule has 61 heavy (non-hydrogen) atoms. The fourth-order valence-electron chi connectivity index (χ4n) is 9.74. The zero-order valence-electron chi connectivity index (χ0n) is 33.6. The first-order valence-electron chi connectivity index (χ1n) is 21.2. The summed E-state index contributed by atoms with van der Waals surface area (Å²) in [7, 11) is 0. The standard InChI is InChI=1S/C58H41N3/c1-3-14-40(15-4-1)44-17-13-20-48(38-44)59(49-35-36-52-51-22-9-11-24-54(51)61(57(52)39-49)45-18-5-2-6-19-45)46-31-26-41(27-32-46)42-28-33-47(34-29-42)60-55-25-12-10-23-53(55)58-50-21-8-7-16-43(50)30-37-56(58)60/h1-12,14-16,18-39H,13,17H2. The second-order valence-electron chi connectivity index (χ2n) is 16.1. The minimum atomic E-state index is 0.978. The van der Waals surface area contributed by atoms with E-state index in [9.17, 15) is 0 Å². The van der Waals surface area contributed by atoms with Crippen molar-refractivity contribution in [3.05, 3.63) is 236 Å². The Kier molecular flexibility index (Phi) is 8.31. The van der Waals surface area contributed by atoms with Gasteiger partial charge in [-0.15, -0.1) is 0 Å². The molecular weight excluding hydrogens is 739 g/mol. The third-order valence-corrected chi connectivity index (χ3v) is 12.6. The number of anilines is 2. The minimum absolute atomic E-state index is 0.978. The lowest BCUT2D eigenvalue weighted by atomic mass is 9.95. The maximum atomic E-state index is 2.44. The summed E-state index contributed by atoms with van der Waals surface area (Å²) in [5.41, 5.74) is 15.6. The number of fused-ring (bicyclic) bond motifs is 8. The Morgan fingerprint density at radius 3 is 1.72 bits per heavy atom. The van der Waals surface area contributed by atoms with E-state index in [2.05, 4.69) is 239 Å². The topological polar surface area (TPSA) is 13.1 Å². The molecule has 1 aliphatic rings. The fourth-order valence-corrected chi connectivity index (χ4v) is 9.74. The first kappa shape index (κ1) is 35.1. The van der Waals surface area contributed by atoms with Crippen molar-refractivity contribution in [1.29, 1.82) is 0 Å². The largest absolute Gasteiger partial charge is 0.311 e. The van der Waals surface area contributed by atoms with Crippen molar-refractivity contribution >= 4 is 71.3 Å². The number of benzene rings is 9. The van der Waals surface area contributed by atoms with Gasteiger partial charge in [0.05, 0.1) is 22.1 Å². The van der Waals surface area contributed by atoms with Gasteiger partial charge >= 0.3 is 0 Å². The van der Waals surface area contributed by atoms with Crippen molar-refractivity contribution in [1.82, 2.24) is 9.13 Å². The molecule has 0 spiro atoms. The Morgan fingerprint density at radius 1 is 0.377 bits per heavy atom. The van der Waals surface area contributed by atoms with Gasteiger partial charge in [0.1, 0.15) is 0 Å². The molecule has 0 saturated heterocycles. The van der Waals surface area contributed by atoms with Crippen LogP contribution in [-0.2, 0) is 0 Å². The molecule has 2 heterocycles. The monoisotopic (exact) mass is 779 g/mol. The van der Waals surface area contributed by atoms with Crippen molar-refractivity contribution in [3.63, 3.8) is 0 Å². The van der Waals surface area contributed by atoms with Gasteiger partial charge in [-0.1, -0.05) is 152 Å². The molecule has 3 heteroatoms. The normalized spacial score (nSPS) is 13.0. The van der Waals surface area contributed by atoms with Crippen molar-refractivity contribution in [2.75, 3.05) is 4.90 Å². The number of aromatic nitrogens is 2. The van der Waals surface area contributed by atoms with Gasteiger partial charge in [-0.25, -0.2) is 0 Å². The van der Waals surface area contributed by atoms with E-state index in [1.54, 1.807) is 0 Å². The summed E-state index contributed by atoms with van der Waals surface area (Å²) in [6, 6.07) is 77.4. The van der Waals surface area contributed by atoms with Crippen LogP contribution in [0, 0.1) is 0 Å². The summed E-state index contributed by atoms with van der Waals surface area (Å²) in [5, 5.41) is 7.63. The van der Waals surface area contributed by atoms with E-state index >= 15 is 0 Å². The van der Waals surface area contributed by atoms with Crippen LogP contribution in [0.2, 0.25) is 0 Å². The van der Waals surface area contributed by atoms with E-state index in [0.29, 0.717) is 0 Å². The Balaban J connectivity index is 0.955.